The summed E-state index contributed by atoms with van der Waals surface area (Å²) in [6.07, 6.45) is 3.05. The molecule has 4 aromatic rings. The average molecular weight is 424 g/mol. The van der Waals surface area contributed by atoms with Crippen LogP contribution in [0, 0.1) is 0 Å². The first-order chi connectivity index (χ1) is 15.7. The number of para-hydroxylation sites is 1. The molecule has 0 spiro atoms. The molecule has 2 heterocycles. The Morgan fingerprint density at radius 1 is 0.906 bits per heavy atom. The molecule has 2 N–H and O–H groups in total. The Labute approximate surface area is 187 Å². The molecule has 2 amide bonds. The monoisotopic (exact) mass is 423 g/mol. The molecule has 0 unspecified atom stereocenters. The first-order valence-corrected chi connectivity index (χ1v) is 11.0. The van der Waals surface area contributed by atoms with Crippen LogP contribution in [0.2, 0.25) is 0 Å². The Morgan fingerprint density at radius 2 is 1.66 bits per heavy atom. The van der Waals surface area contributed by atoms with Crippen molar-refractivity contribution in [1.29, 1.82) is 0 Å². The van der Waals surface area contributed by atoms with Gasteiger partial charge in [-0.1, -0.05) is 66.7 Å². The van der Waals surface area contributed by atoms with Crippen LogP contribution in [-0.2, 0) is 11.2 Å². The highest BCUT2D eigenvalue weighted by atomic mass is 16.2. The van der Waals surface area contributed by atoms with Gasteiger partial charge in [-0.3, -0.25) is 9.59 Å². The Morgan fingerprint density at radius 3 is 2.53 bits per heavy atom. The molecule has 1 aromatic heterocycles. The molecule has 5 nitrogen and oxygen atoms in total. The zero-order valence-electron chi connectivity index (χ0n) is 17.8. The molecule has 0 saturated carbocycles. The van der Waals surface area contributed by atoms with E-state index >= 15 is 0 Å². The van der Waals surface area contributed by atoms with Gasteiger partial charge in [-0.15, -0.1) is 0 Å². The Hall–Kier alpha value is -3.86. The van der Waals surface area contributed by atoms with Crippen molar-refractivity contribution >= 4 is 22.7 Å². The summed E-state index contributed by atoms with van der Waals surface area (Å²) in [5.41, 5.74) is 5.00. The van der Waals surface area contributed by atoms with Gasteiger partial charge in [-0.25, -0.2) is 0 Å². The van der Waals surface area contributed by atoms with Crippen LogP contribution in [0.5, 0.6) is 0 Å². The molecule has 160 valence electrons. The fourth-order valence-electron chi connectivity index (χ4n) is 4.56. The maximum absolute atomic E-state index is 13.2. The molecule has 1 aliphatic heterocycles. The number of aromatic nitrogens is 1. The minimum Gasteiger partial charge on any atom is -0.361 e. The molecular formula is C27H25N3O2. The minimum atomic E-state index is -0.202. The Balaban J connectivity index is 1.32. The van der Waals surface area contributed by atoms with Crippen molar-refractivity contribution in [2.24, 2.45) is 0 Å². The smallest absolute Gasteiger partial charge is 0.255 e. The van der Waals surface area contributed by atoms with E-state index in [1.54, 1.807) is 0 Å². The van der Waals surface area contributed by atoms with E-state index in [1.165, 1.54) is 5.56 Å². The molecular weight excluding hydrogens is 398 g/mol. The minimum absolute atomic E-state index is 0.0204. The van der Waals surface area contributed by atoms with Crippen LogP contribution in [0.15, 0.2) is 85.1 Å². The van der Waals surface area contributed by atoms with Crippen LogP contribution < -0.4 is 5.32 Å². The van der Waals surface area contributed by atoms with E-state index < -0.39 is 0 Å². The lowest BCUT2D eigenvalue weighted by Crippen LogP contribution is -2.34. The SMILES string of the molecule is O=C(CCN1C(=O)c2ccccc2[C@H]1c1c[nH]c2ccccc12)NCCc1ccccc1. The summed E-state index contributed by atoms with van der Waals surface area (Å²) in [5.74, 6) is -0.0599. The zero-order chi connectivity index (χ0) is 21.9. The third kappa shape index (κ3) is 3.78. The van der Waals surface area contributed by atoms with Crippen LogP contribution in [0.4, 0.5) is 0 Å². The van der Waals surface area contributed by atoms with Crippen LogP contribution in [0.1, 0.15) is 39.5 Å². The van der Waals surface area contributed by atoms with Crippen molar-refractivity contribution in [3.05, 3.63) is 107 Å². The molecule has 0 saturated heterocycles. The molecule has 0 aliphatic carbocycles. The Bertz CT molecular complexity index is 1260. The Kier molecular flexibility index (Phi) is 5.46. The van der Waals surface area contributed by atoms with Gasteiger partial charge in [0.15, 0.2) is 0 Å². The number of carbonyl (C=O) groups is 2. The van der Waals surface area contributed by atoms with Crippen LogP contribution in [-0.4, -0.2) is 34.8 Å². The number of carbonyl (C=O) groups excluding carboxylic acids is 2. The molecule has 0 fully saturated rings. The van der Waals surface area contributed by atoms with Gasteiger partial charge in [-0.05, 0) is 29.7 Å². The summed E-state index contributed by atoms with van der Waals surface area (Å²) in [6, 6.07) is 25.7. The summed E-state index contributed by atoms with van der Waals surface area (Å²) in [6.45, 7) is 0.956. The summed E-state index contributed by atoms with van der Waals surface area (Å²) in [4.78, 5) is 30.9. The third-order valence-electron chi connectivity index (χ3n) is 6.13. The number of benzene rings is 3. The molecule has 3 aromatic carbocycles. The molecule has 0 radical (unpaired) electrons. The molecule has 1 aliphatic rings. The van der Waals surface area contributed by atoms with E-state index in [0.717, 1.165) is 28.5 Å². The predicted octanol–water partition coefficient (Wildman–Crippen LogP) is 4.46. The fourth-order valence-corrected chi connectivity index (χ4v) is 4.56. The summed E-state index contributed by atoms with van der Waals surface area (Å²) in [5, 5.41) is 4.08. The molecule has 5 heteroatoms. The maximum atomic E-state index is 13.2. The lowest BCUT2D eigenvalue weighted by Gasteiger charge is -2.25. The van der Waals surface area contributed by atoms with Gasteiger partial charge in [0.05, 0.1) is 6.04 Å². The van der Waals surface area contributed by atoms with Crippen molar-refractivity contribution in [1.82, 2.24) is 15.2 Å². The standard InChI is InChI=1S/C27H25N3O2/c31-25(28-16-14-19-8-2-1-3-9-19)15-17-30-26(21-11-4-5-12-22(21)27(30)32)23-18-29-24-13-7-6-10-20(23)24/h1-13,18,26,29H,14-17H2,(H,28,31)/t26-/m0/s1. The number of amides is 2. The average Bonchev–Trinajstić information content (AvgIpc) is 3.37. The van der Waals surface area contributed by atoms with Crippen molar-refractivity contribution in [3.63, 3.8) is 0 Å². The van der Waals surface area contributed by atoms with Gasteiger partial charge in [-0.2, -0.15) is 0 Å². The van der Waals surface area contributed by atoms with E-state index in [2.05, 4.69) is 28.5 Å². The topological polar surface area (TPSA) is 65.2 Å². The lowest BCUT2D eigenvalue weighted by atomic mass is 9.97. The van der Waals surface area contributed by atoms with Crippen molar-refractivity contribution in [2.45, 2.75) is 18.9 Å². The second-order valence-corrected chi connectivity index (χ2v) is 8.11. The van der Waals surface area contributed by atoms with Crippen LogP contribution >= 0.6 is 0 Å². The number of hydrogen-bond acceptors (Lipinski definition) is 2. The molecule has 32 heavy (non-hydrogen) atoms. The number of hydrogen-bond donors (Lipinski definition) is 2. The first-order valence-electron chi connectivity index (χ1n) is 11.0. The highest BCUT2D eigenvalue weighted by molar-refractivity contribution is 6.01. The summed E-state index contributed by atoms with van der Waals surface area (Å²) >= 11 is 0. The second-order valence-electron chi connectivity index (χ2n) is 8.11. The quantitative estimate of drug-likeness (QED) is 0.461. The van der Waals surface area contributed by atoms with Crippen LogP contribution in [0.3, 0.4) is 0 Å². The number of nitrogens with one attached hydrogen (secondary N) is 2. The highest BCUT2D eigenvalue weighted by Gasteiger charge is 2.38. The van der Waals surface area contributed by atoms with Crippen LogP contribution in [0.25, 0.3) is 10.9 Å². The van der Waals surface area contributed by atoms with Gasteiger partial charge in [0.25, 0.3) is 5.91 Å². The normalized spacial score (nSPS) is 15.2. The fraction of sp³-hybridized carbons (Fsp3) is 0.185. The predicted molar refractivity (Wildman–Crippen MR) is 125 cm³/mol. The number of fused-ring (bicyclic) bond motifs is 2. The molecule has 5 rings (SSSR count). The maximum Gasteiger partial charge on any atom is 0.255 e. The third-order valence-corrected chi connectivity index (χ3v) is 6.13. The number of nitrogens with zero attached hydrogens (tertiary/aromatic N) is 1. The molecule has 1 atom stereocenters. The van der Waals surface area contributed by atoms with E-state index in [4.69, 9.17) is 0 Å². The number of aromatic amines is 1. The zero-order valence-corrected chi connectivity index (χ0v) is 17.8. The second kappa shape index (κ2) is 8.71. The van der Waals surface area contributed by atoms with Crippen molar-refractivity contribution in [3.8, 4) is 0 Å². The van der Waals surface area contributed by atoms with Gasteiger partial charge in [0.2, 0.25) is 5.91 Å². The van der Waals surface area contributed by atoms with E-state index in [-0.39, 0.29) is 24.3 Å². The number of rotatable bonds is 7. The van der Waals surface area contributed by atoms with Gasteiger partial charge in [0.1, 0.15) is 0 Å². The van der Waals surface area contributed by atoms with E-state index in [9.17, 15) is 9.59 Å². The van der Waals surface area contributed by atoms with Gasteiger partial charge >= 0.3 is 0 Å². The molecule has 0 bridgehead atoms. The van der Waals surface area contributed by atoms with Gasteiger partial charge in [0, 0.05) is 47.7 Å². The van der Waals surface area contributed by atoms with E-state index in [1.807, 2.05) is 71.8 Å². The lowest BCUT2D eigenvalue weighted by molar-refractivity contribution is -0.121. The largest absolute Gasteiger partial charge is 0.361 e. The number of H-pyrrole nitrogens is 1. The van der Waals surface area contributed by atoms with E-state index in [0.29, 0.717) is 18.7 Å². The van der Waals surface area contributed by atoms with Crippen molar-refractivity contribution in [2.75, 3.05) is 13.1 Å². The van der Waals surface area contributed by atoms with Gasteiger partial charge < -0.3 is 15.2 Å². The summed E-state index contributed by atoms with van der Waals surface area (Å²) in [7, 11) is 0. The first kappa shape index (κ1) is 20.1. The highest BCUT2D eigenvalue weighted by Crippen LogP contribution is 2.41. The van der Waals surface area contributed by atoms with Crippen molar-refractivity contribution < 1.29 is 9.59 Å². The summed E-state index contributed by atoms with van der Waals surface area (Å²) < 4.78 is 0.